The topological polar surface area (TPSA) is 12.5 Å². The Morgan fingerprint density at radius 3 is 2.47 bits per heavy atom. The number of hydrogen-bond donors (Lipinski definition) is 1. The molecule has 0 amide bonds. The highest BCUT2D eigenvalue weighted by Gasteiger charge is 2.31. The molecule has 102 valence electrons. The molecule has 0 aromatic rings. The monoisotopic (exact) mass is 259 g/mol. The Morgan fingerprint density at radius 1 is 1.24 bits per heavy atom. The molecule has 0 N–H and O–H groups in total. The minimum Gasteiger partial charge on any atom is -0.383 e. The largest absolute Gasteiger partial charge is 0.383 e. The molecule has 0 heterocycles. The molecule has 0 bridgehead atoms. The summed E-state index contributed by atoms with van der Waals surface area (Å²) in [5, 5.41) is 0. The van der Waals surface area contributed by atoms with Gasteiger partial charge in [0.15, 0.2) is 0 Å². The van der Waals surface area contributed by atoms with E-state index in [1.807, 2.05) is 0 Å². The Balaban J connectivity index is 2.28. The van der Waals surface area contributed by atoms with Crippen molar-refractivity contribution in [3.63, 3.8) is 0 Å². The van der Waals surface area contributed by atoms with Gasteiger partial charge in [-0.3, -0.25) is 4.90 Å². The van der Waals surface area contributed by atoms with E-state index in [0.717, 1.165) is 36.8 Å². The standard InChI is InChI=1S/C14H29NOS/c1-12(7-11-17)6-8-15(9-10-16-3)13(2)14-4-5-14/h12-14,17H,4-11H2,1-3H3. The maximum absolute atomic E-state index is 5.22. The first-order valence-electron chi connectivity index (χ1n) is 7.02. The Hall–Kier alpha value is 0.270. The molecule has 2 nitrogen and oxygen atoms in total. The van der Waals surface area contributed by atoms with Crippen LogP contribution in [0.1, 0.15) is 39.5 Å². The van der Waals surface area contributed by atoms with Gasteiger partial charge >= 0.3 is 0 Å². The molecule has 2 atom stereocenters. The molecular weight excluding hydrogens is 230 g/mol. The number of thiol groups is 1. The van der Waals surface area contributed by atoms with E-state index in [9.17, 15) is 0 Å². The lowest BCUT2D eigenvalue weighted by Crippen LogP contribution is -2.38. The zero-order valence-electron chi connectivity index (χ0n) is 11.7. The predicted molar refractivity (Wildman–Crippen MR) is 77.9 cm³/mol. The normalized spacial score (nSPS) is 19.6. The van der Waals surface area contributed by atoms with Gasteiger partial charge in [-0.1, -0.05) is 6.92 Å². The van der Waals surface area contributed by atoms with E-state index in [1.54, 1.807) is 7.11 Å². The molecule has 1 rings (SSSR count). The molecule has 0 saturated heterocycles. The lowest BCUT2D eigenvalue weighted by Gasteiger charge is -2.30. The van der Waals surface area contributed by atoms with Gasteiger partial charge in [0.1, 0.15) is 0 Å². The second kappa shape index (κ2) is 8.39. The van der Waals surface area contributed by atoms with Crippen molar-refractivity contribution in [3.05, 3.63) is 0 Å². The highest BCUT2D eigenvalue weighted by atomic mass is 32.1. The summed E-state index contributed by atoms with van der Waals surface area (Å²) in [6.45, 7) is 7.89. The van der Waals surface area contributed by atoms with Crippen LogP contribution in [-0.2, 0) is 4.74 Å². The first-order valence-corrected chi connectivity index (χ1v) is 7.66. The summed E-state index contributed by atoms with van der Waals surface area (Å²) in [6, 6.07) is 0.744. The van der Waals surface area contributed by atoms with Gasteiger partial charge in [-0.05, 0) is 56.7 Å². The first-order chi connectivity index (χ1) is 8.19. The van der Waals surface area contributed by atoms with E-state index in [4.69, 9.17) is 4.74 Å². The van der Waals surface area contributed by atoms with Crippen LogP contribution >= 0.6 is 12.6 Å². The van der Waals surface area contributed by atoms with Crippen molar-refractivity contribution < 1.29 is 4.74 Å². The van der Waals surface area contributed by atoms with Crippen molar-refractivity contribution in [1.29, 1.82) is 0 Å². The van der Waals surface area contributed by atoms with Crippen LogP contribution in [0.25, 0.3) is 0 Å². The van der Waals surface area contributed by atoms with Crippen LogP contribution in [0, 0.1) is 11.8 Å². The lowest BCUT2D eigenvalue weighted by atomic mass is 10.0. The molecule has 0 aromatic heterocycles. The summed E-state index contributed by atoms with van der Waals surface area (Å²) in [5.74, 6) is 2.76. The number of ether oxygens (including phenoxy) is 1. The number of nitrogens with zero attached hydrogens (tertiary/aromatic N) is 1. The molecule has 0 aromatic carbocycles. The molecule has 1 aliphatic rings. The Morgan fingerprint density at radius 2 is 1.94 bits per heavy atom. The third-order valence-electron chi connectivity index (χ3n) is 3.99. The molecule has 1 aliphatic carbocycles. The average molecular weight is 259 g/mol. The summed E-state index contributed by atoms with van der Waals surface area (Å²) in [4.78, 5) is 2.62. The fourth-order valence-corrected chi connectivity index (χ4v) is 2.80. The summed E-state index contributed by atoms with van der Waals surface area (Å²) >= 11 is 4.31. The van der Waals surface area contributed by atoms with E-state index in [0.29, 0.717) is 0 Å². The van der Waals surface area contributed by atoms with Crippen molar-refractivity contribution in [3.8, 4) is 0 Å². The highest BCUT2D eigenvalue weighted by Crippen LogP contribution is 2.35. The van der Waals surface area contributed by atoms with Gasteiger partial charge in [-0.2, -0.15) is 12.6 Å². The van der Waals surface area contributed by atoms with Crippen molar-refractivity contribution in [1.82, 2.24) is 4.90 Å². The van der Waals surface area contributed by atoms with Crippen molar-refractivity contribution >= 4 is 12.6 Å². The van der Waals surface area contributed by atoms with Crippen LogP contribution < -0.4 is 0 Å². The summed E-state index contributed by atoms with van der Waals surface area (Å²) in [6.07, 6.45) is 5.38. The molecule has 0 radical (unpaired) electrons. The van der Waals surface area contributed by atoms with Gasteiger partial charge in [-0.15, -0.1) is 0 Å². The number of rotatable bonds is 10. The second-order valence-electron chi connectivity index (χ2n) is 5.51. The lowest BCUT2D eigenvalue weighted by molar-refractivity contribution is 0.112. The van der Waals surface area contributed by atoms with Gasteiger partial charge in [0.25, 0.3) is 0 Å². The molecule has 17 heavy (non-hydrogen) atoms. The first kappa shape index (κ1) is 15.3. The van der Waals surface area contributed by atoms with Gasteiger partial charge in [0.05, 0.1) is 6.61 Å². The van der Waals surface area contributed by atoms with Crippen molar-refractivity contribution in [2.45, 2.75) is 45.6 Å². The van der Waals surface area contributed by atoms with Crippen LogP contribution in [0.2, 0.25) is 0 Å². The zero-order valence-corrected chi connectivity index (χ0v) is 12.6. The molecular formula is C14H29NOS. The Bertz CT molecular complexity index is 197. The van der Waals surface area contributed by atoms with E-state index in [-0.39, 0.29) is 0 Å². The molecule has 0 spiro atoms. The summed E-state index contributed by atoms with van der Waals surface area (Å²) < 4.78 is 5.22. The average Bonchev–Trinajstić information content (AvgIpc) is 3.12. The van der Waals surface area contributed by atoms with Crippen LogP contribution in [0.5, 0.6) is 0 Å². The molecule has 1 saturated carbocycles. The van der Waals surface area contributed by atoms with E-state index < -0.39 is 0 Å². The number of hydrogen-bond acceptors (Lipinski definition) is 3. The van der Waals surface area contributed by atoms with Gasteiger partial charge in [-0.25, -0.2) is 0 Å². The van der Waals surface area contributed by atoms with Gasteiger partial charge in [0.2, 0.25) is 0 Å². The zero-order chi connectivity index (χ0) is 12.7. The van der Waals surface area contributed by atoms with E-state index in [1.165, 1.54) is 32.2 Å². The predicted octanol–water partition coefficient (Wildman–Crippen LogP) is 3.08. The van der Waals surface area contributed by atoms with Crippen molar-refractivity contribution in [2.75, 3.05) is 32.6 Å². The quantitative estimate of drug-likeness (QED) is 0.605. The van der Waals surface area contributed by atoms with Crippen molar-refractivity contribution in [2.24, 2.45) is 11.8 Å². The fraction of sp³-hybridized carbons (Fsp3) is 1.00. The van der Waals surface area contributed by atoms with Gasteiger partial charge < -0.3 is 4.74 Å². The third kappa shape index (κ3) is 6.12. The third-order valence-corrected chi connectivity index (χ3v) is 4.25. The van der Waals surface area contributed by atoms with Crippen LogP contribution in [0.4, 0.5) is 0 Å². The summed E-state index contributed by atoms with van der Waals surface area (Å²) in [7, 11) is 1.80. The Labute approximate surface area is 113 Å². The SMILES string of the molecule is COCCN(CCC(C)CCS)C(C)C1CC1. The minimum absolute atomic E-state index is 0.744. The molecule has 0 aliphatic heterocycles. The number of methoxy groups -OCH3 is 1. The molecule has 2 unspecified atom stereocenters. The van der Waals surface area contributed by atoms with Crippen LogP contribution in [0.3, 0.4) is 0 Å². The minimum atomic E-state index is 0.744. The van der Waals surface area contributed by atoms with E-state index in [2.05, 4.69) is 31.4 Å². The van der Waals surface area contributed by atoms with Crippen LogP contribution in [-0.4, -0.2) is 43.5 Å². The molecule has 3 heteroatoms. The molecule has 1 fully saturated rings. The van der Waals surface area contributed by atoms with Crippen LogP contribution in [0.15, 0.2) is 0 Å². The van der Waals surface area contributed by atoms with E-state index >= 15 is 0 Å². The highest BCUT2D eigenvalue weighted by molar-refractivity contribution is 7.80. The second-order valence-corrected chi connectivity index (χ2v) is 5.96. The summed E-state index contributed by atoms with van der Waals surface area (Å²) in [5.41, 5.74) is 0. The smallest absolute Gasteiger partial charge is 0.0589 e. The fourth-order valence-electron chi connectivity index (χ4n) is 2.36. The maximum Gasteiger partial charge on any atom is 0.0589 e. The Kier molecular flexibility index (Phi) is 7.56. The maximum atomic E-state index is 5.22. The van der Waals surface area contributed by atoms with Gasteiger partial charge in [0, 0.05) is 19.7 Å².